The lowest BCUT2D eigenvalue weighted by Crippen LogP contribution is -2.36. The van der Waals surface area contributed by atoms with Crippen LogP contribution in [-0.4, -0.2) is 21.5 Å². The first kappa shape index (κ1) is 15.0. The number of hydrogen-bond donors (Lipinski definition) is 2. The molecule has 0 radical (unpaired) electrons. The second kappa shape index (κ2) is 5.91. The van der Waals surface area contributed by atoms with Gasteiger partial charge < -0.3 is 5.32 Å². The molecule has 0 saturated heterocycles. The standard InChI is InChI=1S/C13H22N2O2S2/c1-9-5-4-6-12(9)15-19(16,17)13-7-11(8-14-3)18-10(13)2/h7,9,12,14-15H,4-6,8H2,1-3H3. The highest BCUT2D eigenvalue weighted by Gasteiger charge is 2.29. The summed E-state index contributed by atoms with van der Waals surface area (Å²) in [5.41, 5.74) is 0. The van der Waals surface area contributed by atoms with Gasteiger partial charge in [-0.3, -0.25) is 0 Å². The van der Waals surface area contributed by atoms with Crippen LogP contribution in [0.5, 0.6) is 0 Å². The fraction of sp³-hybridized carbons (Fsp3) is 0.692. The predicted molar refractivity (Wildman–Crippen MR) is 78.9 cm³/mol. The summed E-state index contributed by atoms with van der Waals surface area (Å²) < 4.78 is 27.8. The average Bonchev–Trinajstić information content (AvgIpc) is 2.87. The third kappa shape index (κ3) is 3.37. The zero-order valence-electron chi connectivity index (χ0n) is 11.7. The normalized spacial score (nSPS) is 23.9. The third-order valence-corrected chi connectivity index (χ3v) is 6.53. The lowest BCUT2D eigenvalue weighted by molar-refractivity contribution is 0.476. The van der Waals surface area contributed by atoms with E-state index in [0.29, 0.717) is 17.4 Å². The number of rotatable bonds is 5. The number of aryl methyl sites for hydroxylation is 1. The minimum Gasteiger partial charge on any atom is -0.315 e. The van der Waals surface area contributed by atoms with Gasteiger partial charge in [-0.05, 0) is 38.8 Å². The van der Waals surface area contributed by atoms with Gasteiger partial charge >= 0.3 is 0 Å². The Hall–Kier alpha value is -0.430. The molecule has 6 heteroatoms. The predicted octanol–water partition coefficient (Wildman–Crippen LogP) is 2.24. The van der Waals surface area contributed by atoms with Crippen molar-refractivity contribution in [3.05, 3.63) is 15.8 Å². The largest absolute Gasteiger partial charge is 0.315 e. The Bertz CT molecular complexity index is 537. The molecule has 0 aromatic carbocycles. The summed E-state index contributed by atoms with van der Waals surface area (Å²) in [6, 6.07) is 1.88. The highest BCUT2D eigenvalue weighted by Crippen LogP contribution is 2.29. The fourth-order valence-corrected chi connectivity index (χ4v) is 5.66. The number of thiophene rings is 1. The van der Waals surface area contributed by atoms with Crippen LogP contribution in [-0.2, 0) is 16.6 Å². The third-order valence-electron chi connectivity index (χ3n) is 3.73. The quantitative estimate of drug-likeness (QED) is 0.877. The molecule has 1 aromatic rings. The van der Waals surface area contributed by atoms with E-state index in [9.17, 15) is 8.42 Å². The number of hydrogen-bond acceptors (Lipinski definition) is 4. The summed E-state index contributed by atoms with van der Waals surface area (Å²) in [5.74, 6) is 0.436. The molecule has 4 nitrogen and oxygen atoms in total. The Morgan fingerprint density at radius 1 is 1.42 bits per heavy atom. The average molecular weight is 302 g/mol. The van der Waals surface area contributed by atoms with Gasteiger partial charge in [0.05, 0.1) is 4.90 Å². The maximum absolute atomic E-state index is 12.4. The van der Waals surface area contributed by atoms with E-state index >= 15 is 0 Å². The van der Waals surface area contributed by atoms with Gasteiger partial charge in [-0.25, -0.2) is 13.1 Å². The molecule has 1 heterocycles. The maximum Gasteiger partial charge on any atom is 0.241 e. The number of nitrogens with one attached hydrogen (secondary N) is 2. The van der Waals surface area contributed by atoms with Crippen LogP contribution in [0.25, 0.3) is 0 Å². The molecule has 2 unspecified atom stereocenters. The minimum absolute atomic E-state index is 0.0945. The van der Waals surface area contributed by atoms with Gasteiger partial charge in [-0.2, -0.15) is 0 Å². The van der Waals surface area contributed by atoms with E-state index in [1.807, 2.05) is 14.0 Å². The van der Waals surface area contributed by atoms with Gasteiger partial charge in [0, 0.05) is 22.3 Å². The van der Waals surface area contributed by atoms with Gasteiger partial charge in [0.2, 0.25) is 10.0 Å². The lowest BCUT2D eigenvalue weighted by Gasteiger charge is -2.17. The van der Waals surface area contributed by atoms with Crippen LogP contribution >= 0.6 is 11.3 Å². The summed E-state index contributed by atoms with van der Waals surface area (Å²) in [4.78, 5) is 2.37. The molecule has 1 saturated carbocycles. The molecule has 0 amide bonds. The molecular formula is C13H22N2O2S2. The van der Waals surface area contributed by atoms with Crippen molar-refractivity contribution in [1.29, 1.82) is 0 Å². The maximum atomic E-state index is 12.4. The molecule has 1 fully saturated rings. The molecule has 0 bridgehead atoms. The van der Waals surface area contributed by atoms with Crippen LogP contribution in [0.1, 0.15) is 35.9 Å². The van der Waals surface area contributed by atoms with E-state index in [1.54, 1.807) is 17.4 Å². The topological polar surface area (TPSA) is 58.2 Å². The molecule has 0 spiro atoms. The van der Waals surface area contributed by atoms with Crippen LogP contribution in [0.3, 0.4) is 0 Å². The lowest BCUT2D eigenvalue weighted by atomic mass is 10.1. The first-order valence-corrected chi connectivity index (χ1v) is 9.00. The zero-order valence-corrected chi connectivity index (χ0v) is 13.3. The van der Waals surface area contributed by atoms with Crippen molar-refractivity contribution >= 4 is 21.4 Å². The molecule has 1 aliphatic carbocycles. The Morgan fingerprint density at radius 2 is 2.16 bits per heavy atom. The SMILES string of the molecule is CNCc1cc(S(=O)(=O)NC2CCCC2C)c(C)s1. The fourth-order valence-electron chi connectivity index (χ4n) is 2.64. The highest BCUT2D eigenvalue weighted by molar-refractivity contribution is 7.89. The second-order valence-electron chi connectivity index (χ2n) is 5.30. The summed E-state index contributed by atoms with van der Waals surface area (Å²) in [6.45, 7) is 4.70. The van der Waals surface area contributed by atoms with Crippen molar-refractivity contribution in [3.63, 3.8) is 0 Å². The Balaban J connectivity index is 2.19. The first-order chi connectivity index (χ1) is 8.94. The Kier molecular flexibility index (Phi) is 4.66. The van der Waals surface area contributed by atoms with Gasteiger partial charge in [-0.1, -0.05) is 13.3 Å². The molecule has 108 valence electrons. The van der Waals surface area contributed by atoms with Crippen LogP contribution in [0, 0.1) is 12.8 Å². The Morgan fingerprint density at radius 3 is 2.74 bits per heavy atom. The van der Waals surface area contributed by atoms with E-state index in [1.165, 1.54) is 0 Å². The van der Waals surface area contributed by atoms with E-state index in [2.05, 4.69) is 17.0 Å². The summed E-state index contributed by atoms with van der Waals surface area (Å²) in [7, 11) is -1.51. The van der Waals surface area contributed by atoms with Crippen LogP contribution in [0.15, 0.2) is 11.0 Å². The summed E-state index contributed by atoms with van der Waals surface area (Å²) in [6.07, 6.45) is 3.18. The van der Waals surface area contributed by atoms with E-state index in [0.717, 1.165) is 29.0 Å². The number of sulfonamides is 1. The van der Waals surface area contributed by atoms with Crippen LogP contribution < -0.4 is 10.0 Å². The van der Waals surface area contributed by atoms with Crippen molar-refractivity contribution < 1.29 is 8.42 Å². The monoisotopic (exact) mass is 302 g/mol. The molecular weight excluding hydrogens is 280 g/mol. The molecule has 1 aliphatic rings. The van der Waals surface area contributed by atoms with Crippen molar-refractivity contribution in [1.82, 2.24) is 10.0 Å². The van der Waals surface area contributed by atoms with Gasteiger partial charge in [-0.15, -0.1) is 11.3 Å². The summed E-state index contributed by atoms with van der Waals surface area (Å²) >= 11 is 1.54. The molecule has 2 N–H and O–H groups in total. The van der Waals surface area contributed by atoms with Gasteiger partial charge in [0.25, 0.3) is 0 Å². The van der Waals surface area contributed by atoms with Crippen molar-refractivity contribution in [2.75, 3.05) is 7.05 Å². The first-order valence-electron chi connectivity index (χ1n) is 6.70. The van der Waals surface area contributed by atoms with Crippen molar-refractivity contribution in [2.45, 2.75) is 50.6 Å². The molecule has 2 atom stereocenters. The molecule has 2 rings (SSSR count). The zero-order chi connectivity index (χ0) is 14.0. The van der Waals surface area contributed by atoms with Crippen LogP contribution in [0.2, 0.25) is 0 Å². The van der Waals surface area contributed by atoms with E-state index in [4.69, 9.17) is 0 Å². The van der Waals surface area contributed by atoms with Crippen molar-refractivity contribution in [3.8, 4) is 0 Å². The highest BCUT2D eigenvalue weighted by atomic mass is 32.2. The van der Waals surface area contributed by atoms with E-state index in [-0.39, 0.29) is 6.04 Å². The molecule has 19 heavy (non-hydrogen) atoms. The van der Waals surface area contributed by atoms with Gasteiger partial charge in [0.15, 0.2) is 0 Å². The molecule has 1 aromatic heterocycles. The molecule has 0 aliphatic heterocycles. The van der Waals surface area contributed by atoms with Gasteiger partial charge in [0.1, 0.15) is 0 Å². The van der Waals surface area contributed by atoms with Crippen molar-refractivity contribution in [2.24, 2.45) is 5.92 Å². The van der Waals surface area contributed by atoms with E-state index < -0.39 is 10.0 Å². The Labute approximate surface area is 119 Å². The van der Waals surface area contributed by atoms with Crippen LogP contribution in [0.4, 0.5) is 0 Å². The summed E-state index contributed by atoms with van der Waals surface area (Å²) in [5, 5.41) is 3.05. The minimum atomic E-state index is -3.37. The smallest absolute Gasteiger partial charge is 0.241 e. The second-order valence-corrected chi connectivity index (χ2v) is 8.32.